The van der Waals surface area contributed by atoms with Gasteiger partial charge in [0.15, 0.2) is 0 Å². The van der Waals surface area contributed by atoms with Crippen LogP contribution in [0.15, 0.2) is 60.7 Å². The Labute approximate surface area is 221 Å². The third-order valence-electron chi connectivity index (χ3n) is 5.70. The van der Waals surface area contributed by atoms with Crippen molar-refractivity contribution >= 4 is 16.9 Å². The molecule has 198 valence electrons. The minimum absolute atomic E-state index is 0.0849. The second kappa shape index (κ2) is 14.2. The quantitative estimate of drug-likeness (QED) is 0.263. The average molecular weight is 504 g/mol. The Hall–Kier alpha value is -3.64. The van der Waals surface area contributed by atoms with E-state index in [0.717, 1.165) is 38.9 Å². The molecule has 0 aliphatic carbocycles. The zero-order valence-corrected chi connectivity index (χ0v) is 23.2. The van der Waals surface area contributed by atoms with Gasteiger partial charge in [-0.2, -0.15) is 5.10 Å². The van der Waals surface area contributed by atoms with Gasteiger partial charge < -0.3 is 15.6 Å². The first-order valence-electron chi connectivity index (χ1n) is 13.1. The van der Waals surface area contributed by atoms with Gasteiger partial charge in [0.2, 0.25) is 0 Å². The number of nitrogens with zero attached hydrogens (tertiary/aromatic N) is 2. The molecule has 6 nitrogen and oxygen atoms in total. The predicted molar refractivity (Wildman–Crippen MR) is 153 cm³/mol. The lowest BCUT2D eigenvalue weighted by molar-refractivity contribution is -0.136. The average Bonchev–Trinajstić information content (AvgIpc) is 3.29. The smallest absolute Gasteiger partial charge is 0.307 e. The van der Waals surface area contributed by atoms with E-state index in [4.69, 9.17) is 15.6 Å². The number of rotatable bonds is 8. The molecule has 6 heteroatoms. The van der Waals surface area contributed by atoms with Gasteiger partial charge in [0.05, 0.1) is 11.9 Å². The van der Waals surface area contributed by atoms with E-state index in [1.54, 1.807) is 0 Å². The van der Waals surface area contributed by atoms with Crippen LogP contribution in [0.4, 0.5) is 0 Å². The maximum Gasteiger partial charge on any atom is 0.307 e. The second-order valence-corrected chi connectivity index (χ2v) is 8.59. The lowest BCUT2D eigenvalue weighted by Crippen LogP contribution is -2.06. The van der Waals surface area contributed by atoms with Gasteiger partial charge in [-0.15, -0.1) is 0 Å². The molecule has 0 atom stereocenters. The molecule has 4 rings (SSSR count). The van der Waals surface area contributed by atoms with E-state index >= 15 is 0 Å². The van der Waals surface area contributed by atoms with E-state index in [1.807, 2.05) is 69.6 Å². The molecule has 37 heavy (non-hydrogen) atoms. The van der Waals surface area contributed by atoms with E-state index < -0.39 is 5.97 Å². The Balaban J connectivity index is 0.00000115. The Bertz CT molecular complexity index is 1310. The highest BCUT2D eigenvalue weighted by atomic mass is 16.5. The van der Waals surface area contributed by atoms with Gasteiger partial charge in [-0.05, 0) is 67.3 Å². The molecule has 0 unspecified atom stereocenters. The van der Waals surface area contributed by atoms with Gasteiger partial charge in [0, 0.05) is 23.5 Å². The van der Waals surface area contributed by atoms with E-state index in [-0.39, 0.29) is 19.1 Å². The first-order valence-corrected chi connectivity index (χ1v) is 13.1. The molecule has 3 aromatic carbocycles. The van der Waals surface area contributed by atoms with Crippen molar-refractivity contribution in [1.29, 1.82) is 0 Å². The lowest BCUT2D eigenvalue weighted by atomic mass is 10.0. The number of hydrogen-bond acceptors (Lipinski definition) is 4. The fraction of sp³-hybridized carbons (Fsp3) is 0.355. The van der Waals surface area contributed by atoms with E-state index in [1.165, 1.54) is 0 Å². The van der Waals surface area contributed by atoms with Crippen molar-refractivity contribution in [3.8, 4) is 16.9 Å². The Morgan fingerprint density at radius 1 is 1.00 bits per heavy atom. The number of fused-ring (bicyclic) bond motifs is 1. The van der Waals surface area contributed by atoms with Crippen LogP contribution in [0.25, 0.3) is 22.0 Å². The first-order chi connectivity index (χ1) is 17.9. The lowest BCUT2D eigenvalue weighted by Gasteiger charge is -2.11. The van der Waals surface area contributed by atoms with Crippen LogP contribution in [-0.2, 0) is 24.4 Å². The van der Waals surface area contributed by atoms with E-state index in [2.05, 4.69) is 44.2 Å². The minimum atomic E-state index is -0.886. The van der Waals surface area contributed by atoms with Gasteiger partial charge >= 0.3 is 5.97 Å². The molecule has 0 fully saturated rings. The van der Waals surface area contributed by atoms with Crippen LogP contribution in [0.2, 0.25) is 0 Å². The molecule has 0 saturated carbocycles. The molecule has 3 N–H and O–H groups in total. The fourth-order valence-corrected chi connectivity index (χ4v) is 4.01. The number of nitrogens with two attached hydrogens (primary N) is 1. The first kappa shape index (κ1) is 29.6. The zero-order chi connectivity index (χ0) is 27.5. The zero-order valence-electron chi connectivity index (χ0n) is 23.2. The number of carboxylic acid groups (broad SMARTS) is 1. The van der Waals surface area contributed by atoms with Crippen LogP contribution in [0, 0.1) is 6.92 Å². The number of aromatic nitrogens is 2. The second-order valence-electron chi connectivity index (χ2n) is 8.59. The van der Waals surface area contributed by atoms with Crippen LogP contribution >= 0.6 is 0 Å². The monoisotopic (exact) mass is 503 g/mol. The number of ether oxygens (including phenoxy) is 1. The van der Waals surface area contributed by atoms with Crippen LogP contribution < -0.4 is 10.5 Å². The molecule has 0 amide bonds. The molecule has 1 aromatic heterocycles. The topological polar surface area (TPSA) is 90.4 Å². The SMILES string of the molecule is CC.CC.Cc1ccc(CC(=O)O)c(OCc2nn(C(C)C)c3ccc(-c4cccc(CN)c4)cc23)c1. The van der Waals surface area contributed by atoms with Gasteiger partial charge in [0.25, 0.3) is 0 Å². The highest BCUT2D eigenvalue weighted by Gasteiger charge is 2.16. The minimum Gasteiger partial charge on any atom is -0.487 e. The van der Waals surface area contributed by atoms with Crippen molar-refractivity contribution in [2.24, 2.45) is 5.73 Å². The Kier molecular flexibility index (Phi) is 11.3. The maximum absolute atomic E-state index is 11.3. The van der Waals surface area contributed by atoms with Gasteiger partial charge in [0.1, 0.15) is 18.1 Å². The summed E-state index contributed by atoms with van der Waals surface area (Å²) in [6.45, 7) is 14.9. The number of hydrogen-bond donors (Lipinski definition) is 2. The van der Waals surface area contributed by atoms with Crippen molar-refractivity contribution in [3.63, 3.8) is 0 Å². The number of aryl methyl sites for hydroxylation is 1. The molecule has 0 bridgehead atoms. The van der Waals surface area contributed by atoms with Gasteiger partial charge in [-0.3, -0.25) is 9.48 Å². The number of aliphatic carboxylic acids is 1. The van der Waals surface area contributed by atoms with Crippen LogP contribution in [-0.4, -0.2) is 20.9 Å². The molecule has 0 saturated heterocycles. The highest BCUT2D eigenvalue weighted by Crippen LogP contribution is 2.30. The van der Waals surface area contributed by atoms with Crippen molar-refractivity contribution in [2.75, 3.05) is 0 Å². The summed E-state index contributed by atoms with van der Waals surface area (Å²) in [7, 11) is 0. The number of benzene rings is 3. The molecular formula is C31H41N3O3. The summed E-state index contributed by atoms with van der Waals surface area (Å²) >= 11 is 0. The van der Waals surface area contributed by atoms with Crippen molar-refractivity contribution < 1.29 is 14.6 Å². The third kappa shape index (κ3) is 7.43. The van der Waals surface area contributed by atoms with Crippen LogP contribution in [0.5, 0.6) is 5.75 Å². The molecular weight excluding hydrogens is 462 g/mol. The molecule has 0 radical (unpaired) electrons. The highest BCUT2D eigenvalue weighted by molar-refractivity contribution is 5.87. The summed E-state index contributed by atoms with van der Waals surface area (Å²) in [6.07, 6.45) is -0.0849. The van der Waals surface area contributed by atoms with Crippen molar-refractivity contribution in [1.82, 2.24) is 9.78 Å². The van der Waals surface area contributed by atoms with Crippen molar-refractivity contribution in [3.05, 3.63) is 83.0 Å². The standard InChI is InChI=1S/C27H29N3O3.2C2H6/c1-17(2)30-25-10-9-21(20-6-4-5-19(12-20)15-28)13-23(25)24(29-30)16-33-26-11-18(3)7-8-22(26)14-27(31)32;2*1-2/h4-13,17H,14-16,28H2,1-3H3,(H,31,32);2*1-2H3. The predicted octanol–water partition coefficient (Wildman–Crippen LogP) is 7.31. The molecule has 0 aliphatic rings. The largest absolute Gasteiger partial charge is 0.487 e. The molecule has 0 aliphatic heterocycles. The van der Waals surface area contributed by atoms with Gasteiger partial charge in [-0.25, -0.2) is 0 Å². The normalized spacial score (nSPS) is 10.4. The van der Waals surface area contributed by atoms with Gasteiger partial charge in [-0.1, -0.05) is 64.1 Å². The maximum atomic E-state index is 11.3. The Morgan fingerprint density at radius 2 is 1.70 bits per heavy atom. The summed E-state index contributed by atoms with van der Waals surface area (Å²) < 4.78 is 8.13. The van der Waals surface area contributed by atoms with Crippen LogP contribution in [0.3, 0.4) is 0 Å². The number of carboxylic acids is 1. The summed E-state index contributed by atoms with van der Waals surface area (Å²) in [5.41, 5.74) is 12.6. The third-order valence-corrected chi connectivity index (χ3v) is 5.70. The fourth-order valence-electron chi connectivity index (χ4n) is 4.01. The van der Waals surface area contributed by atoms with E-state index in [9.17, 15) is 9.90 Å². The number of carbonyl (C=O) groups is 1. The summed E-state index contributed by atoms with van der Waals surface area (Å²) in [6, 6.07) is 20.3. The molecule has 1 heterocycles. The van der Waals surface area contributed by atoms with E-state index in [0.29, 0.717) is 17.9 Å². The molecule has 4 aromatic rings. The van der Waals surface area contributed by atoms with Crippen LogP contribution in [0.1, 0.15) is 70.0 Å². The Morgan fingerprint density at radius 3 is 2.35 bits per heavy atom. The molecule has 0 spiro atoms. The summed E-state index contributed by atoms with van der Waals surface area (Å²) in [5.74, 6) is -0.306. The summed E-state index contributed by atoms with van der Waals surface area (Å²) in [4.78, 5) is 11.3. The van der Waals surface area contributed by atoms with Crippen molar-refractivity contribution in [2.45, 2.75) is 74.1 Å². The summed E-state index contributed by atoms with van der Waals surface area (Å²) in [5, 5.41) is 15.1.